The zero-order chi connectivity index (χ0) is 16.0. The standard InChI is InChI=1S/C19H16N2O2/c1-12-6-8-13(9-7-12)21-18(22)10-15(19(21)23)16-11-20-17-5-3-2-4-14(16)17/h2-9,11,15,20H,10H2,1H3/t15-/m0/s1. The van der Waals surface area contributed by atoms with Crippen molar-refractivity contribution in [2.24, 2.45) is 0 Å². The number of hydrogen-bond donors (Lipinski definition) is 1. The second-order valence-electron chi connectivity index (χ2n) is 5.95. The van der Waals surface area contributed by atoms with Crippen LogP contribution >= 0.6 is 0 Å². The highest BCUT2D eigenvalue weighted by Crippen LogP contribution is 2.36. The van der Waals surface area contributed by atoms with E-state index < -0.39 is 5.92 Å². The van der Waals surface area contributed by atoms with Crippen LogP contribution in [0.25, 0.3) is 10.9 Å². The van der Waals surface area contributed by atoms with Gasteiger partial charge in [-0.3, -0.25) is 14.5 Å². The van der Waals surface area contributed by atoms with Gasteiger partial charge >= 0.3 is 0 Å². The smallest absolute Gasteiger partial charge is 0.241 e. The summed E-state index contributed by atoms with van der Waals surface area (Å²) in [5.74, 6) is -0.710. The number of para-hydroxylation sites is 1. The van der Waals surface area contributed by atoms with E-state index in [1.165, 1.54) is 4.90 Å². The number of aromatic amines is 1. The highest BCUT2D eigenvalue weighted by Gasteiger charge is 2.41. The molecule has 0 unspecified atom stereocenters. The summed E-state index contributed by atoms with van der Waals surface area (Å²) in [5, 5.41) is 1.00. The molecule has 1 saturated heterocycles. The third-order valence-corrected chi connectivity index (χ3v) is 4.44. The summed E-state index contributed by atoms with van der Waals surface area (Å²) >= 11 is 0. The third-order valence-electron chi connectivity index (χ3n) is 4.44. The number of benzene rings is 2. The van der Waals surface area contributed by atoms with Crippen molar-refractivity contribution >= 4 is 28.4 Å². The molecule has 0 bridgehead atoms. The second kappa shape index (κ2) is 5.09. The maximum absolute atomic E-state index is 12.8. The molecule has 1 fully saturated rings. The van der Waals surface area contributed by atoms with Crippen molar-refractivity contribution in [1.82, 2.24) is 4.98 Å². The number of carbonyl (C=O) groups excluding carboxylic acids is 2. The fourth-order valence-corrected chi connectivity index (χ4v) is 3.22. The van der Waals surface area contributed by atoms with Gasteiger partial charge in [0.25, 0.3) is 0 Å². The Bertz CT molecular complexity index is 909. The highest BCUT2D eigenvalue weighted by atomic mass is 16.2. The molecule has 0 spiro atoms. The minimum Gasteiger partial charge on any atom is -0.361 e. The summed E-state index contributed by atoms with van der Waals surface area (Å²) in [6, 6.07) is 15.3. The van der Waals surface area contributed by atoms with Crippen LogP contribution in [0.1, 0.15) is 23.5 Å². The van der Waals surface area contributed by atoms with Gasteiger partial charge in [0.05, 0.1) is 11.6 Å². The predicted molar refractivity (Wildman–Crippen MR) is 89.3 cm³/mol. The summed E-state index contributed by atoms with van der Waals surface area (Å²) in [7, 11) is 0. The predicted octanol–water partition coefficient (Wildman–Crippen LogP) is 3.52. The largest absolute Gasteiger partial charge is 0.361 e. The molecule has 4 rings (SSSR count). The van der Waals surface area contributed by atoms with Gasteiger partial charge in [-0.2, -0.15) is 0 Å². The van der Waals surface area contributed by atoms with Crippen molar-refractivity contribution in [2.45, 2.75) is 19.3 Å². The van der Waals surface area contributed by atoms with Gasteiger partial charge in [0.15, 0.2) is 0 Å². The zero-order valence-corrected chi connectivity index (χ0v) is 12.7. The van der Waals surface area contributed by atoms with Crippen LogP contribution in [0.5, 0.6) is 0 Å². The van der Waals surface area contributed by atoms with Crippen molar-refractivity contribution < 1.29 is 9.59 Å². The van der Waals surface area contributed by atoms with E-state index >= 15 is 0 Å². The van der Waals surface area contributed by atoms with E-state index in [4.69, 9.17) is 0 Å². The Hall–Kier alpha value is -2.88. The summed E-state index contributed by atoms with van der Waals surface area (Å²) in [6.07, 6.45) is 2.06. The third kappa shape index (κ3) is 2.14. The van der Waals surface area contributed by atoms with E-state index in [9.17, 15) is 9.59 Å². The van der Waals surface area contributed by atoms with Crippen LogP contribution in [0, 0.1) is 6.92 Å². The van der Waals surface area contributed by atoms with Gasteiger partial charge in [-0.25, -0.2) is 0 Å². The Kier molecular flexibility index (Phi) is 3.05. The number of amides is 2. The SMILES string of the molecule is Cc1ccc(N2C(=O)C[C@@H](c3c[nH]c4ccccc34)C2=O)cc1. The van der Waals surface area contributed by atoms with E-state index in [1.54, 1.807) is 0 Å². The number of rotatable bonds is 2. The Balaban J connectivity index is 1.74. The highest BCUT2D eigenvalue weighted by molar-refractivity contribution is 6.23. The number of imide groups is 1. The molecule has 2 amide bonds. The van der Waals surface area contributed by atoms with E-state index in [1.807, 2.05) is 61.7 Å². The van der Waals surface area contributed by atoms with Crippen LogP contribution < -0.4 is 4.90 Å². The fraction of sp³-hybridized carbons (Fsp3) is 0.158. The molecule has 0 radical (unpaired) electrons. The number of H-pyrrole nitrogens is 1. The lowest BCUT2D eigenvalue weighted by Crippen LogP contribution is -2.29. The Morgan fingerprint density at radius 3 is 2.57 bits per heavy atom. The van der Waals surface area contributed by atoms with Crippen molar-refractivity contribution in [1.29, 1.82) is 0 Å². The van der Waals surface area contributed by atoms with Gasteiger partial charge < -0.3 is 4.98 Å². The zero-order valence-electron chi connectivity index (χ0n) is 12.7. The lowest BCUT2D eigenvalue weighted by molar-refractivity contribution is -0.121. The molecule has 23 heavy (non-hydrogen) atoms. The number of anilines is 1. The van der Waals surface area contributed by atoms with Gasteiger partial charge in [0.2, 0.25) is 11.8 Å². The molecule has 1 aromatic heterocycles. The summed E-state index contributed by atoms with van der Waals surface area (Å²) in [6.45, 7) is 1.98. The van der Waals surface area contributed by atoms with Crippen LogP contribution in [0.4, 0.5) is 5.69 Å². The molecule has 114 valence electrons. The summed E-state index contributed by atoms with van der Waals surface area (Å²) in [5.41, 5.74) is 3.62. The van der Waals surface area contributed by atoms with Crippen molar-refractivity contribution in [3.63, 3.8) is 0 Å². The first-order chi connectivity index (χ1) is 11.1. The van der Waals surface area contributed by atoms with E-state index in [2.05, 4.69) is 4.98 Å². The summed E-state index contributed by atoms with van der Waals surface area (Å²) in [4.78, 5) is 29.7. The number of nitrogens with one attached hydrogen (secondary N) is 1. The Labute approximate surface area is 133 Å². The number of aromatic nitrogens is 1. The fourth-order valence-electron chi connectivity index (χ4n) is 3.22. The molecular formula is C19H16N2O2. The van der Waals surface area contributed by atoms with Gasteiger partial charge in [0, 0.05) is 23.5 Å². The first kappa shape index (κ1) is 13.8. The number of fused-ring (bicyclic) bond motifs is 1. The molecule has 1 aliphatic rings. The van der Waals surface area contributed by atoms with Crippen molar-refractivity contribution in [3.8, 4) is 0 Å². The van der Waals surface area contributed by atoms with Crippen molar-refractivity contribution in [2.75, 3.05) is 4.90 Å². The van der Waals surface area contributed by atoms with Crippen LogP contribution in [-0.2, 0) is 9.59 Å². The van der Waals surface area contributed by atoms with Crippen LogP contribution in [0.2, 0.25) is 0 Å². The van der Waals surface area contributed by atoms with Gasteiger partial charge in [-0.05, 0) is 30.7 Å². The van der Waals surface area contributed by atoms with Crippen LogP contribution in [0.3, 0.4) is 0 Å². The minimum absolute atomic E-state index is 0.144. The maximum Gasteiger partial charge on any atom is 0.241 e. The van der Waals surface area contributed by atoms with Gasteiger partial charge in [-0.15, -0.1) is 0 Å². The van der Waals surface area contributed by atoms with Gasteiger partial charge in [0.1, 0.15) is 0 Å². The summed E-state index contributed by atoms with van der Waals surface area (Å²) < 4.78 is 0. The Morgan fingerprint density at radius 2 is 1.78 bits per heavy atom. The van der Waals surface area contributed by atoms with E-state index in [-0.39, 0.29) is 18.2 Å². The lowest BCUT2D eigenvalue weighted by Gasteiger charge is -2.15. The topological polar surface area (TPSA) is 53.2 Å². The first-order valence-corrected chi connectivity index (χ1v) is 7.64. The monoisotopic (exact) mass is 304 g/mol. The number of carbonyl (C=O) groups is 2. The maximum atomic E-state index is 12.8. The average Bonchev–Trinajstić information content (AvgIpc) is 3.10. The molecule has 1 atom stereocenters. The van der Waals surface area contributed by atoms with Crippen LogP contribution in [0.15, 0.2) is 54.7 Å². The minimum atomic E-state index is -0.417. The molecule has 2 heterocycles. The van der Waals surface area contributed by atoms with E-state index in [0.717, 1.165) is 22.0 Å². The second-order valence-corrected chi connectivity index (χ2v) is 5.95. The lowest BCUT2D eigenvalue weighted by atomic mass is 9.97. The van der Waals surface area contributed by atoms with Crippen molar-refractivity contribution in [3.05, 3.63) is 65.9 Å². The molecule has 1 aliphatic heterocycles. The van der Waals surface area contributed by atoms with Crippen LogP contribution in [-0.4, -0.2) is 16.8 Å². The number of aryl methyl sites for hydroxylation is 1. The first-order valence-electron chi connectivity index (χ1n) is 7.64. The molecule has 1 N–H and O–H groups in total. The molecular weight excluding hydrogens is 288 g/mol. The molecule has 2 aromatic carbocycles. The molecule has 4 heteroatoms. The number of hydrogen-bond acceptors (Lipinski definition) is 2. The normalized spacial score (nSPS) is 18.1. The van der Waals surface area contributed by atoms with E-state index in [0.29, 0.717) is 5.69 Å². The molecule has 0 saturated carbocycles. The molecule has 4 nitrogen and oxygen atoms in total. The molecule has 0 aliphatic carbocycles. The quantitative estimate of drug-likeness (QED) is 0.736. The molecule has 3 aromatic rings. The average molecular weight is 304 g/mol. The number of nitrogens with zero attached hydrogens (tertiary/aromatic N) is 1. The van der Waals surface area contributed by atoms with Gasteiger partial charge in [-0.1, -0.05) is 35.9 Å². The Morgan fingerprint density at radius 1 is 1.04 bits per heavy atom.